The van der Waals surface area contributed by atoms with Gasteiger partial charge in [0.15, 0.2) is 11.6 Å². The van der Waals surface area contributed by atoms with E-state index in [1.807, 2.05) is 88.4 Å². The number of ketones is 3. The van der Waals surface area contributed by atoms with E-state index in [-0.39, 0.29) is 77.1 Å². The molecule has 412 valence electrons. The van der Waals surface area contributed by atoms with Crippen LogP contribution in [0.5, 0.6) is 0 Å². The minimum atomic E-state index is -0.949. The van der Waals surface area contributed by atoms with E-state index in [1.165, 1.54) is 36.9 Å². The molecule has 4 aromatic heterocycles. The molecule has 8 rings (SSSR count). The predicted molar refractivity (Wildman–Crippen MR) is 305 cm³/mol. The molecule has 0 aliphatic carbocycles. The Hall–Kier alpha value is -8.32. The molecule has 8 aromatic rings. The lowest BCUT2D eigenvalue weighted by Crippen LogP contribution is -2.45. The van der Waals surface area contributed by atoms with Gasteiger partial charge in [0, 0.05) is 99.7 Å². The molecule has 0 aliphatic rings. The monoisotopic (exact) mass is 1120 g/mol. The number of hydrogen-bond donors (Lipinski definition) is 5. The molecular formula is C59H61Cl2F2N9O7. The topological polar surface area (TPSA) is 210 Å². The summed E-state index contributed by atoms with van der Waals surface area (Å²) in [4.78, 5) is 82.3. The number of halogens is 4. The van der Waals surface area contributed by atoms with Crippen LogP contribution < -0.4 is 21.3 Å². The second-order valence-corrected chi connectivity index (χ2v) is 19.8. The maximum absolute atomic E-state index is 14.2. The number of nitrogens with one attached hydrogen (secondary N) is 4. The summed E-state index contributed by atoms with van der Waals surface area (Å²) < 4.78 is 31.0. The molecule has 4 aromatic carbocycles. The zero-order valence-corrected chi connectivity index (χ0v) is 46.0. The van der Waals surface area contributed by atoms with Gasteiger partial charge >= 0.3 is 5.97 Å². The second-order valence-electron chi connectivity index (χ2n) is 18.9. The number of pyridine rings is 2. The van der Waals surface area contributed by atoms with Crippen molar-refractivity contribution in [2.75, 3.05) is 23.7 Å². The van der Waals surface area contributed by atoms with Gasteiger partial charge in [-0.2, -0.15) is 0 Å². The van der Waals surface area contributed by atoms with Crippen LogP contribution in [0.15, 0.2) is 134 Å². The first-order chi connectivity index (χ1) is 37.7. The molecule has 79 heavy (non-hydrogen) atoms. The van der Waals surface area contributed by atoms with Crippen LogP contribution in [0.3, 0.4) is 0 Å². The highest BCUT2D eigenvalue weighted by Gasteiger charge is 2.23. The number of carboxylic acids is 1. The van der Waals surface area contributed by atoms with Crippen molar-refractivity contribution in [2.24, 2.45) is 0 Å². The van der Waals surface area contributed by atoms with Gasteiger partial charge in [-0.15, -0.1) is 0 Å². The molecule has 0 bridgehead atoms. The quantitative estimate of drug-likeness (QED) is 0.0426. The third-order valence-corrected chi connectivity index (χ3v) is 12.8. The Kier molecular flexibility index (Phi) is 21.5. The van der Waals surface area contributed by atoms with Crippen molar-refractivity contribution in [1.82, 2.24) is 34.6 Å². The maximum Gasteiger partial charge on any atom is 0.323 e. The third kappa shape index (κ3) is 17.1. The lowest BCUT2D eigenvalue weighted by molar-refractivity contribution is -0.138. The zero-order chi connectivity index (χ0) is 57.3. The molecular weight excluding hydrogens is 1060 g/mol. The van der Waals surface area contributed by atoms with Crippen molar-refractivity contribution in [2.45, 2.75) is 86.1 Å². The fourth-order valence-electron chi connectivity index (χ4n) is 8.23. The lowest BCUT2D eigenvalue weighted by atomic mass is 10.1. The van der Waals surface area contributed by atoms with Crippen molar-refractivity contribution >= 4 is 103 Å². The Morgan fingerprint density at radius 1 is 0.658 bits per heavy atom. The summed E-state index contributed by atoms with van der Waals surface area (Å²) in [6.07, 6.45) is 10.8. The number of carboxylic acid groups (broad SMARTS) is 1. The number of anilines is 4. The first-order valence-electron chi connectivity index (χ1n) is 25.2. The molecule has 0 fully saturated rings. The fraction of sp³-hybridized carbons (Fsp3) is 0.254. The molecule has 0 atom stereocenters. The number of amides is 2. The van der Waals surface area contributed by atoms with Crippen LogP contribution in [0, 0.1) is 11.6 Å². The molecule has 0 radical (unpaired) electrons. The SMILES string of the molecule is CC(=O)c1cn(CC(=O)N(CC(=O)NCc2cccc(Cl)c2F)C(C)C)c2ccc(Nc3cccnc3)cc12.CC(=O)c1cn(CC(=O)O)c2ccc(Nc3cccnc3)cc12.CC(C)NCC(=O)CCc1cccc(Cl)c1F. The second kappa shape index (κ2) is 28.3. The first-order valence-corrected chi connectivity index (χ1v) is 25.9. The van der Waals surface area contributed by atoms with E-state index in [9.17, 15) is 37.5 Å². The third-order valence-electron chi connectivity index (χ3n) is 12.2. The number of carbonyl (C=O) groups is 6. The largest absolute Gasteiger partial charge is 0.480 e. The Labute approximate surface area is 466 Å². The molecule has 5 N–H and O–H groups in total. The highest BCUT2D eigenvalue weighted by atomic mass is 35.5. The summed E-state index contributed by atoms with van der Waals surface area (Å²) in [5.41, 5.74) is 6.41. The molecule has 2 amide bonds. The molecule has 0 unspecified atom stereocenters. The van der Waals surface area contributed by atoms with E-state index < -0.39 is 23.5 Å². The minimum absolute atomic E-state index is 0.0235. The number of benzene rings is 4. The van der Waals surface area contributed by atoms with Gasteiger partial charge in [0.2, 0.25) is 11.8 Å². The number of aliphatic carboxylic acids is 1. The summed E-state index contributed by atoms with van der Waals surface area (Å²) >= 11 is 11.5. The standard InChI is InChI=1S/C29H29ClFN5O3.C17H15N3O3.C13H17ClFNO/c1-18(2)36(16-27(38)33-13-20-6-4-8-25(30)29(20)31)28(39)17-35-15-24(19(3)37)23-12-21(9-10-26(23)35)34-22-7-5-11-32-14-22;1-11(21)15-9-20(10-17(22)23)16-5-4-12(7-14(15)16)19-13-3-2-6-18-8-13;1-9(2)16-8-11(17)7-6-10-4-3-5-12(14)13(10)15/h4-12,14-15,18,34H,13,16-17H2,1-3H3,(H,33,38);2-9,19H,10H2,1H3,(H,22,23);3-5,9,16H,6-8H2,1-2H3. The van der Waals surface area contributed by atoms with Crippen molar-refractivity contribution in [3.63, 3.8) is 0 Å². The zero-order valence-electron chi connectivity index (χ0n) is 44.5. The van der Waals surface area contributed by atoms with Crippen LogP contribution in [0.1, 0.15) is 79.8 Å². The molecule has 0 saturated heterocycles. The van der Waals surface area contributed by atoms with E-state index in [4.69, 9.17) is 28.3 Å². The lowest BCUT2D eigenvalue weighted by Gasteiger charge is -2.26. The van der Waals surface area contributed by atoms with Crippen molar-refractivity contribution < 1.29 is 42.7 Å². The highest BCUT2D eigenvalue weighted by Crippen LogP contribution is 2.29. The first kappa shape index (κ1) is 59.9. The van der Waals surface area contributed by atoms with E-state index in [0.29, 0.717) is 47.0 Å². The number of carbonyl (C=O) groups excluding carboxylic acids is 5. The average Bonchev–Trinajstić information content (AvgIpc) is 4.01. The number of Topliss-reactive ketones (excluding diaryl/α,β-unsaturated/α-hetero) is 3. The average molecular weight is 1120 g/mol. The number of hydrogen-bond acceptors (Lipinski definition) is 11. The van der Waals surface area contributed by atoms with E-state index in [0.717, 1.165) is 33.7 Å². The number of fused-ring (bicyclic) bond motifs is 2. The Bertz CT molecular complexity index is 3460. The summed E-state index contributed by atoms with van der Waals surface area (Å²) in [6, 6.07) is 27.9. The number of rotatable bonds is 21. The molecule has 0 spiro atoms. The predicted octanol–water partition coefficient (Wildman–Crippen LogP) is 11.4. The maximum atomic E-state index is 14.2. The Morgan fingerprint density at radius 2 is 1.16 bits per heavy atom. The van der Waals surface area contributed by atoms with Crippen LogP contribution in [0.25, 0.3) is 21.8 Å². The van der Waals surface area contributed by atoms with Crippen molar-refractivity contribution in [3.05, 3.63) is 178 Å². The van der Waals surface area contributed by atoms with Gasteiger partial charge in [0.25, 0.3) is 0 Å². The summed E-state index contributed by atoms with van der Waals surface area (Å²) in [7, 11) is 0. The smallest absolute Gasteiger partial charge is 0.323 e. The van der Waals surface area contributed by atoms with Gasteiger partial charge < -0.3 is 40.4 Å². The van der Waals surface area contributed by atoms with Gasteiger partial charge in [-0.25, -0.2) is 8.78 Å². The number of nitrogens with zero attached hydrogens (tertiary/aromatic N) is 5. The van der Waals surface area contributed by atoms with Gasteiger partial charge in [0.05, 0.1) is 46.9 Å². The van der Waals surface area contributed by atoms with E-state index >= 15 is 0 Å². The minimum Gasteiger partial charge on any atom is -0.480 e. The Morgan fingerprint density at radius 3 is 1.63 bits per heavy atom. The van der Waals surface area contributed by atoms with Crippen molar-refractivity contribution in [1.29, 1.82) is 0 Å². The van der Waals surface area contributed by atoms with Crippen molar-refractivity contribution in [3.8, 4) is 0 Å². The molecule has 4 heterocycles. The van der Waals surface area contributed by atoms with E-state index in [1.54, 1.807) is 64.5 Å². The fourth-order valence-corrected chi connectivity index (χ4v) is 8.62. The van der Waals surface area contributed by atoms with Crippen LogP contribution in [-0.2, 0) is 45.2 Å². The van der Waals surface area contributed by atoms with Crippen LogP contribution in [-0.4, -0.2) is 89.4 Å². The molecule has 20 heteroatoms. The summed E-state index contributed by atoms with van der Waals surface area (Å²) in [5.74, 6) is -2.82. The number of aromatic nitrogens is 4. The number of aryl methyl sites for hydroxylation is 1. The van der Waals surface area contributed by atoms with Crippen LogP contribution in [0.4, 0.5) is 31.5 Å². The van der Waals surface area contributed by atoms with Gasteiger partial charge in [0.1, 0.15) is 30.5 Å². The van der Waals surface area contributed by atoms with Crippen LogP contribution in [0.2, 0.25) is 10.0 Å². The highest BCUT2D eigenvalue weighted by molar-refractivity contribution is 6.31. The molecule has 16 nitrogen and oxygen atoms in total. The van der Waals surface area contributed by atoms with Gasteiger partial charge in [-0.3, -0.25) is 38.7 Å². The van der Waals surface area contributed by atoms with Gasteiger partial charge in [-0.1, -0.05) is 61.3 Å². The normalized spacial score (nSPS) is 10.9. The summed E-state index contributed by atoms with van der Waals surface area (Å²) in [5, 5.41) is 22.7. The van der Waals surface area contributed by atoms with Crippen LogP contribution >= 0.6 is 23.2 Å². The molecule has 0 aliphatic heterocycles. The molecule has 0 saturated carbocycles. The van der Waals surface area contributed by atoms with E-state index in [2.05, 4.69) is 31.2 Å². The Balaban J connectivity index is 0.000000212. The van der Waals surface area contributed by atoms with Gasteiger partial charge in [-0.05, 0) is 112 Å². The summed E-state index contributed by atoms with van der Waals surface area (Å²) in [6.45, 7) is 10.4.